The zero-order chi connectivity index (χ0) is 17.8. The Balaban J connectivity index is 1.97. The Morgan fingerprint density at radius 3 is 2.64 bits per heavy atom. The van der Waals surface area contributed by atoms with Crippen molar-refractivity contribution < 1.29 is 9.15 Å². The monoisotopic (exact) mass is 356 g/mol. The zero-order valence-electron chi connectivity index (χ0n) is 14.4. The molecule has 1 aromatic heterocycles. The lowest BCUT2D eigenvalue weighted by Gasteiger charge is -2.17. The van der Waals surface area contributed by atoms with Crippen LogP contribution in [-0.4, -0.2) is 0 Å². The second-order valence-electron chi connectivity index (χ2n) is 6.14. The summed E-state index contributed by atoms with van der Waals surface area (Å²) in [5.41, 5.74) is 2.19. The summed E-state index contributed by atoms with van der Waals surface area (Å²) >= 11 is 6.44. The van der Waals surface area contributed by atoms with E-state index in [-0.39, 0.29) is 11.7 Å². The van der Waals surface area contributed by atoms with E-state index in [0.29, 0.717) is 16.4 Å². The molecule has 4 heteroatoms. The Kier molecular flexibility index (Phi) is 5.44. The minimum atomic E-state index is -0.344. The fourth-order valence-corrected chi connectivity index (χ4v) is 3.08. The fraction of sp³-hybridized carbons (Fsp3) is 0.286. The van der Waals surface area contributed by atoms with Gasteiger partial charge in [0.2, 0.25) is 0 Å². The number of rotatable bonds is 6. The average molecular weight is 357 g/mol. The number of fused-ring (bicyclic) bond motifs is 1. The van der Waals surface area contributed by atoms with E-state index in [2.05, 4.69) is 6.92 Å². The lowest BCUT2D eigenvalue weighted by molar-refractivity contribution is 0.227. The molecule has 3 nitrogen and oxygen atoms in total. The Morgan fingerprint density at radius 1 is 1.16 bits per heavy atom. The molecule has 130 valence electrons. The fourth-order valence-electron chi connectivity index (χ4n) is 2.87. The van der Waals surface area contributed by atoms with Gasteiger partial charge in [-0.3, -0.25) is 0 Å². The van der Waals surface area contributed by atoms with Gasteiger partial charge in [-0.25, -0.2) is 4.79 Å². The van der Waals surface area contributed by atoms with Crippen molar-refractivity contribution in [2.24, 2.45) is 0 Å². The molecule has 0 spiro atoms. The van der Waals surface area contributed by atoms with Crippen molar-refractivity contribution in [3.8, 4) is 5.75 Å². The number of hydrogen-bond donors (Lipinski definition) is 0. The molecular weight excluding hydrogens is 336 g/mol. The van der Waals surface area contributed by atoms with Gasteiger partial charge in [0.05, 0.1) is 5.02 Å². The normalized spacial score (nSPS) is 12.3. The molecular formula is C21H21ClO3. The van der Waals surface area contributed by atoms with Crippen molar-refractivity contribution in [1.29, 1.82) is 0 Å². The molecule has 0 saturated carbocycles. The van der Waals surface area contributed by atoms with Crippen LogP contribution in [0.4, 0.5) is 0 Å². The molecule has 1 atom stereocenters. The molecule has 0 N–H and O–H groups in total. The van der Waals surface area contributed by atoms with Crippen LogP contribution in [0.15, 0.2) is 57.7 Å². The van der Waals surface area contributed by atoms with Gasteiger partial charge < -0.3 is 9.15 Å². The van der Waals surface area contributed by atoms with E-state index >= 15 is 0 Å². The molecule has 0 aliphatic heterocycles. The van der Waals surface area contributed by atoms with Crippen LogP contribution < -0.4 is 10.4 Å². The molecule has 0 radical (unpaired) electrons. The standard InChI is InChI=1S/C21H21ClO3/c1-3-4-8-16-11-21(23)25-19-13-20(18(22)12-17(16)19)24-14(2)15-9-6-5-7-10-15/h5-7,9-14H,3-4,8H2,1-2H3. The number of hydrogen-bond acceptors (Lipinski definition) is 3. The van der Waals surface area contributed by atoms with Gasteiger partial charge in [0.1, 0.15) is 17.4 Å². The molecule has 2 aromatic carbocycles. The molecule has 0 aliphatic carbocycles. The lowest BCUT2D eigenvalue weighted by Crippen LogP contribution is -2.04. The largest absolute Gasteiger partial charge is 0.484 e. The Labute approximate surface area is 152 Å². The summed E-state index contributed by atoms with van der Waals surface area (Å²) in [6, 6.07) is 15.0. The van der Waals surface area contributed by atoms with Crippen molar-refractivity contribution in [3.63, 3.8) is 0 Å². The molecule has 25 heavy (non-hydrogen) atoms. The van der Waals surface area contributed by atoms with Gasteiger partial charge in [-0.15, -0.1) is 0 Å². The van der Waals surface area contributed by atoms with Gasteiger partial charge >= 0.3 is 5.63 Å². The Bertz CT molecular complexity index is 916. The highest BCUT2D eigenvalue weighted by Crippen LogP contribution is 2.34. The van der Waals surface area contributed by atoms with Crippen LogP contribution in [-0.2, 0) is 6.42 Å². The molecule has 0 fully saturated rings. The molecule has 3 aromatic rings. The maximum Gasteiger partial charge on any atom is 0.336 e. The number of halogens is 1. The predicted molar refractivity (Wildman–Crippen MR) is 102 cm³/mol. The highest BCUT2D eigenvalue weighted by molar-refractivity contribution is 6.32. The first-order chi connectivity index (χ1) is 12.1. The summed E-state index contributed by atoms with van der Waals surface area (Å²) < 4.78 is 11.4. The summed E-state index contributed by atoms with van der Waals surface area (Å²) in [6.07, 6.45) is 2.74. The molecule has 0 amide bonds. The minimum Gasteiger partial charge on any atom is -0.484 e. The van der Waals surface area contributed by atoms with Crippen molar-refractivity contribution in [1.82, 2.24) is 0 Å². The Morgan fingerprint density at radius 2 is 1.92 bits per heavy atom. The first-order valence-electron chi connectivity index (χ1n) is 8.56. The topological polar surface area (TPSA) is 39.4 Å². The quantitative estimate of drug-likeness (QED) is 0.514. The van der Waals surface area contributed by atoms with E-state index in [1.807, 2.05) is 43.3 Å². The van der Waals surface area contributed by atoms with Gasteiger partial charge in [0.25, 0.3) is 0 Å². The second-order valence-corrected chi connectivity index (χ2v) is 6.55. The van der Waals surface area contributed by atoms with E-state index < -0.39 is 0 Å². The summed E-state index contributed by atoms with van der Waals surface area (Å²) in [4.78, 5) is 11.9. The van der Waals surface area contributed by atoms with Crippen LogP contribution in [0.5, 0.6) is 5.75 Å². The third-order valence-corrected chi connectivity index (χ3v) is 4.55. The van der Waals surface area contributed by atoms with E-state index in [9.17, 15) is 4.79 Å². The van der Waals surface area contributed by atoms with Crippen LogP contribution in [0.2, 0.25) is 5.02 Å². The van der Waals surface area contributed by atoms with Gasteiger partial charge in [0, 0.05) is 17.5 Å². The molecule has 1 heterocycles. The first-order valence-corrected chi connectivity index (χ1v) is 8.94. The number of aryl methyl sites for hydroxylation is 1. The van der Waals surface area contributed by atoms with E-state index in [0.717, 1.165) is 35.8 Å². The number of benzene rings is 2. The van der Waals surface area contributed by atoms with Crippen LogP contribution in [0, 0.1) is 0 Å². The van der Waals surface area contributed by atoms with Crippen molar-refractivity contribution in [3.05, 3.63) is 75.1 Å². The minimum absolute atomic E-state index is 0.161. The summed E-state index contributed by atoms with van der Waals surface area (Å²) in [6.45, 7) is 4.08. The molecule has 0 saturated heterocycles. The third-order valence-electron chi connectivity index (χ3n) is 4.26. The summed E-state index contributed by atoms with van der Waals surface area (Å²) in [5.74, 6) is 0.515. The van der Waals surface area contributed by atoms with E-state index in [1.165, 1.54) is 0 Å². The molecule has 1 unspecified atom stereocenters. The SMILES string of the molecule is CCCCc1cc(=O)oc2cc(OC(C)c3ccccc3)c(Cl)cc12. The van der Waals surface area contributed by atoms with Crippen molar-refractivity contribution in [2.45, 2.75) is 39.2 Å². The van der Waals surface area contributed by atoms with Gasteiger partial charge in [0.15, 0.2) is 0 Å². The van der Waals surface area contributed by atoms with Crippen LogP contribution in [0.1, 0.15) is 43.9 Å². The molecule has 0 bridgehead atoms. The number of unbranched alkanes of at least 4 members (excludes halogenated alkanes) is 1. The maximum absolute atomic E-state index is 11.9. The smallest absolute Gasteiger partial charge is 0.336 e. The maximum atomic E-state index is 11.9. The highest BCUT2D eigenvalue weighted by Gasteiger charge is 2.14. The average Bonchev–Trinajstić information content (AvgIpc) is 2.61. The van der Waals surface area contributed by atoms with Crippen LogP contribution in [0.3, 0.4) is 0 Å². The van der Waals surface area contributed by atoms with E-state index in [4.69, 9.17) is 20.8 Å². The second kappa shape index (κ2) is 7.75. The van der Waals surface area contributed by atoms with Gasteiger partial charge in [-0.05, 0) is 37.0 Å². The summed E-state index contributed by atoms with van der Waals surface area (Å²) in [5, 5.41) is 1.39. The van der Waals surface area contributed by atoms with Crippen molar-refractivity contribution in [2.75, 3.05) is 0 Å². The highest BCUT2D eigenvalue weighted by atomic mass is 35.5. The molecule has 0 aliphatic rings. The predicted octanol–water partition coefficient (Wildman–Crippen LogP) is 5.93. The van der Waals surface area contributed by atoms with Crippen LogP contribution in [0.25, 0.3) is 11.0 Å². The summed E-state index contributed by atoms with van der Waals surface area (Å²) in [7, 11) is 0. The van der Waals surface area contributed by atoms with Gasteiger partial charge in [-0.1, -0.05) is 55.3 Å². The van der Waals surface area contributed by atoms with Gasteiger partial charge in [-0.2, -0.15) is 0 Å². The van der Waals surface area contributed by atoms with E-state index in [1.54, 1.807) is 12.1 Å². The third kappa shape index (κ3) is 4.05. The number of ether oxygens (including phenoxy) is 1. The van der Waals surface area contributed by atoms with Crippen LogP contribution >= 0.6 is 11.6 Å². The molecule has 3 rings (SSSR count). The Hall–Kier alpha value is -2.26. The zero-order valence-corrected chi connectivity index (χ0v) is 15.2. The van der Waals surface area contributed by atoms with Crippen molar-refractivity contribution >= 4 is 22.6 Å². The lowest BCUT2D eigenvalue weighted by atomic mass is 10.0. The first kappa shape index (κ1) is 17.6.